The van der Waals surface area contributed by atoms with E-state index in [1.165, 1.54) is 12.1 Å². The summed E-state index contributed by atoms with van der Waals surface area (Å²) in [5.41, 5.74) is 0.937. The molecule has 2 unspecified atom stereocenters. The van der Waals surface area contributed by atoms with Gasteiger partial charge in [0.1, 0.15) is 17.3 Å². The summed E-state index contributed by atoms with van der Waals surface area (Å²) in [4.78, 5) is 26.7. The molecule has 0 aromatic heterocycles. The first kappa shape index (κ1) is 25.7. The van der Waals surface area contributed by atoms with E-state index in [0.29, 0.717) is 23.6 Å². The van der Waals surface area contributed by atoms with Gasteiger partial charge in [-0.05, 0) is 73.4 Å². The van der Waals surface area contributed by atoms with Crippen LogP contribution in [-0.4, -0.2) is 39.1 Å². The highest BCUT2D eigenvalue weighted by Gasteiger charge is 2.51. The number of Topliss-reactive ketones (excluding diaryl/α,β-unsaturated/α-hetero) is 1. The summed E-state index contributed by atoms with van der Waals surface area (Å²) in [6.45, 7) is 0. The predicted molar refractivity (Wildman–Crippen MR) is 133 cm³/mol. The van der Waals surface area contributed by atoms with Crippen molar-refractivity contribution in [3.8, 4) is 5.75 Å². The third-order valence-electron chi connectivity index (χ3n) is 7.39. The molecular formula is C27H31ClO6S. The number of methoxy groups -OCH3 is 1. The van der Waals surface area contributed by atoms with Crippen LogP contribution in [-0.2, 0) is 37.0 Å². The van der Waals surface area contributed by atoms with Gasteiger partial charge in [-0.15, -0.1) is 0 Å². The van der Waals surface area contributed by atoms with Gasteiger partial charge in [-0.2, -0.15) is 0 Å². The van der Waals surface area contributed by atoms with Crippen molar-refractivity contribution in [3.05, 3.63) is 58.6 Å². The van der Waals surface area contributed by atoms with E-state index in [4.69, 9.17) is 21.1 Å². The Kier molecular flexibility index (Phi) is 7.57. The molecule has 0 radical (unpaired) electrons. The Morgan fingerprint density at radius 2 is 1.71 bits per heavy atom. The Bertz CT molecular complexity index is 1180. The Morgan fingerprint density at radius 3 is 2.29 bits per heavy atom. The van der Waals surface area contributed by atoms with Crippen molar-refractivity contribution >= 4 is 33.2 Å². The number of carbonyl (C=O) groups excluding carboxylic acids is 2. The molecule has 1 saturated heterocycles. The minimum absolute atomic E-state index is 0.104. The first-order valence-electron chi connectivity index (χ1n) is 12.0. The van der Waals surface area contributed by atoms with Crippen LogP contribution in [0.25, 0.3) is 0 Å². The number of esters is 1. The Morgan fingerprint density at radius 1 is 1.06 bits per heavy atom. The number of rotatable bonds is 8. The van der Waals surface area contributed by atoms with Crippen molar-refractivity contribution in [2.45, 2.75) is 61.9 Å². The number of carbonyl (C=O) groups is 2. The molecule has 2 fully saturated rings. The Hall–Kier alpha value is -2.38. The number of halogens is 1. The molecule has 0 bridgehead atoms. The van der Waals surface area contributed by atoms with E-state index in [0.717, 1.165) is 43.1 Å². The van der Waals surface area contributed by atoms with Crippen LogP contribution in [0.1, 0.15) is 49.7 Å². The number of ether oxygens (including phenoxy) is 2. The SMILES string of the molecule is COc1ccc(CCC2(C3CCCC3)CC(=O)C(Cc3ccc(S(C)(=O)=O)cc3)C(=O)O2)cc1Cl. The van der Waals surface area contributed by atoms with Crippen molar-refractivity contribution in [1.82, 2.24) is 0 Å². The van der Waals surface area contributed by atoms with Crippen LogP contribution in [0, 0.1) is 11.8 Å². The van der Waals surface area contributed by atoms with Gasteiger partial charge < -0.3 is 9.47 Å². The van der Waals surface area contributed by atoms with Gasteiger partial charge in [-0.1, -0.05) is 42.6 Å². The molecule has 0 N–H and O–H groups in total. The second-order valence-electron chi connectivity index (χ2n) is 9.75. The average Bonchev–Trinajstić information content (AvgIpc) is 3.36. The third-order valence-corrected chi connectivity index (χ3v) is 8.82. The molecule has 2 aliphatic rings. The molecule has 1 heterocycles. The fourth-order valence-electron chi connectivity index (χ4n) is 5.41. The molecule has 6 nitrogen and oxygen atoms in total. The van der Waals surface area contributed by atoms with Crippen molar-refractivity contribution in [2.75, 3.05) is 13.4 Å². The molecule has 0 spiro atoms. The van der Waals surface area contributed by atoms with Crippen molar-refractivity contribution in [2.24, 2.45) is 11.8 Å². The standard InChI is InChI=1S/C27H31ClO6S/c1-33-25-12-9-19(16-23(25)28)13-14-27(20-5-3-4-6-20)17-24(29)22(26(30)34-27)15-18-7-10-21(11-8-18)35(2,31)32/h7-12,16,20,22H,3-6,13-15,17H2,1-2H3. The van der Waals surface area contributed by atoms with E-state index in [9.17, 15) is 18.0 Å². The Labute approximate surface area is 211 Å². The lowest BCUT2D eigenvalue weighted by Gasteiger charge is -2.43. The molecule has 1 saturated carbocycles. The van der Waals surface area contributed by atoms with E-state index < -0.39 is 27.3 Å². The van der Waals surface area contributed by atoms with Gasteiger partial charge >= 0.3 is 5.97 Å². The van der Waals surface area contributed by atoms with Crippen LogP contribution in [0.5, 0.6) is 5.75 Å². The molecule has 4 rings (SSSR count). The molecule has 8 heteroatoms. The van der Waals surface area contributed by atoms with E-state index in [1.54, 1.807) is 19.2 Å². The molecule has 1 aliphatic heterocycles. The zero-order valence-electron chi connectivity index (χ0n) is 20.1. The number of hydrogen-bond donors (Lipinski definition) is 0. The second kappa shape index (κ2) is 10.3. The summed E-state index contributed by atoms with van der Waals surface area (Å²) in [7, 11) is -1.74. The fourth-order valence-corrected chi connectivity index (χ4v) is 6.32. The molecule has 2 atom stereocenters. The van der Waals surface area contributed by atoms with Gasteiger partial charge in [0.15, 0.2) is 15.6 Å². The number of aryl methyl sites for hydroxylation is 1. The number of cyclic esters (lactones) is 1. The molecule has 1 aliphatic carbocycles. The lowest BCUT2D eigenvalue weighted by molar-refractivity contribution is -0.185. The second-order valence-corrected chi connectivity index (χ2v) is 12.2. The highest BCUT2D eigenvalue weighted by molar-refractivity contribution is 7.90. The normalized spacial score (nSPS) is 23.3. The van der Waals surface area contributed by atoms with Gasteiger partial charge in [0.05, 0.1) is 17.0 Å². The molecule has 2 aromatic carbocycles. The molecule has 0 amide bonds. The van der Waals surface area contributed by atoms with E-state index in [2.05, 4.69) is 0 Å². The lowest BCUT2D eigenvalue weighted by atomic mass is 9.73. The number of benzene rings is 2. The van der Waals surface area contributed by atoms with Crippen molar-refractivity contribution in [1.29, 1.82) is 0 Å². The first-order valence-corrected chi connectivity index (χ1v) is 14.3. The predicted octanol–water partition coefficient (Wildman–Crippen LogP) is 4.99. The van der Waals surface area contributed by atoms with Crippen LogP contribution in [0.15, 0.2) is 47.4 Å². The average molecular weight is 519 g/mol. The zero-order valence-corrected chi connectivity index (χ0v) is 21.7. The third kappa shape index (κ3) is 5.72. The van der Waals surface area contributed by atoms with Crippen LogP contribution in [0.4, 0.5) is 0 Å². The Balaban J connectivity index is 1.50. The quantitative estimate of drug-likeness (QED) is 0.361. The topological polar surface area (TPSA) is 86.7 Å². The maximum Gasteiger partial charge on any atom is 0.317 e. The summed E-state index contributed by atoms with van der Waals surface area (Å²) >= 11 is 6.29. The summed E-state index contributed by atoms with van der Waals surface area (Å²) in [6, 6.07) is 12.0. The van der Waals surface area contributed by atoms with Crippen LogP contribution in [0.2, 0.25) is 5.02 Å². The van der Waals surface area contributed by atoms with Crippen LogP contribution >= 0.6 is 11.6 Å². The minimum Gasteiger partial charge on any atom is -0.495 e. The minimum atomic E-state index is -3.31. The summed E-state index contributed by atoms with van der Waals surface area (Å²) in [5, 5.41) is 0.526. The van der Waals surface area contributed by atoms with Crippen LogP contribution < -0.4 is 4.74 Å². The number of hydrogen-bond acceptors (Lipinski definition) is 6. The van der Waals surface area contributed by atoms with E-state index in [-0.39, 0.29) is 29.4 Å². The first-order chi connectivity index (χ1) is 16.6. The van der Waals surface area contributed by atoms with Gasteiger partial charge in [-0.25, -0.2) is 8.42 Å². The van der Waals surface area contributed by atoms with Gasteiger partial charge in [0.2, 0.25) is 0 Å². The number of sulfone groups is 1. The van der Waals surface area contributed by atoms with Crippen molar-refractivity contribution in [3.63, 3.8) is 0 Å². The fraction of sp³-hybridized carbons (Fsp3) is 0.481. The highest BCUT2D eigenvalue weighted by atomic mass is 35.5. The van der Waals surface area contributed by atoms with Gasteiger partial charge in [-0.3, -0.25) is 9.59 Å². The maximum atomic E-state index is 13.3. The number of ketones is 1. The van der Waals surface area contributed by atoms with Crippen LogP contribution in [0.3, 0.4) is 0 Å². The lowest BCUT2D eigenvalue weighted by Crippen LogP contribution is -2.52. The summed E-state index contributed by atoms with van der Waals surface area (Å²) in [5.74, 6) is -0.683. The van der Waals surface area contributed by atoms with E-state index in [1.807, 2.05) is 18.2 Å². The molecule has 35 heavy (non-hydrogen) atoms. The highest BCUT2D eigenvalue weighted by Crippen LogP contribution is 2.45. The summed E-state index contributed by atoms with van der Waals surface area (Å²) in [6.07, 6.45) is 6.79. The maximum absolute atomic E-state index is 13.3. The van der Waals surface area contributed by atoms with Gasteiger partial charge in [0.25, 0.3) is 0 Å². The smallest absolute Gasteiger partial charge is 0.317 e. The summed E-state index contributed by atoms with van der Waals surface area (Å²) < 4.78 is 34.8. The van der Waals surface area contributed by atoms with Crippen molar-refractivity contribution < 1.29 is 27.5 Å². The largest absolute Gasteiger partial charge is 0.495 e. The molecular weight excluding hydrogens is 488 g/mol. The van der Waals surface area contributed by atoms with E-state index >= 15 is 0 Å². The molecule has 188 valence electrons. The van der Waals surface area contributed by atoms with Gasteiger partial charge in [0, 0.05) is 12.7 Å². The molecule has 2 aromatic rings. The zero-order chi connectivity index (χ0) is 25.2. The monoisotopic (exact) mass is 518 g/mol.